The number of amidine groups is 2. The average molecular weight is 523 g/mol. The van der Waals surface area contributed by atoms with E-state index in [1.165, 1.54) is 16.8 Å². The van der Waals surface area contributed by atoms with E-state index < -0.39 is 5.91 Å². The number of nitrogens with zero attached hydrogens (tertiary/aromatic N) is 3. The molecule has 10 heteroatoms. The lowest BCUT2D eigenvalue weighted by atomic mass is 10.1. The summed E-state index contributed by atoms with van der Waals surface area (Å²) in [7, 11) is 0. The molecule has 0 saturated carbocycles. The summed E-state index contributed by atoms with van der Waals surface area (Å²) < 4.78 is 11.4. The maximum absolute atomic E-state index is 12.6. The molecule has 0 spiro atoms. The molecule has 0 saturated heterocycles. The monoisotopic (exact) mass is 522 g/mol. The summed E-state index contributed by atoms with van der Waals surface area (Å²) in [5, 5.41) is 18.2. The maximum Gasteiger partial charge on any atom is 0.283 e. The van der Waals surface area contributed by atoms with Crippen molar-refractivity contribution in [2.24, 2.45) is 10.1 Å². The molecule has 5 rings (SSSR count). The zero-order valence-corrected chi connectivity index (χ0v) is 20.7. The summed E-state index contributed by atoms with van der Waals surface area (Å²) >= 11 is 8.72. The molecular formula is C25H19ClN4O3S2. The molecule has 1 amide bonds. The normalized spacial score (nSPS) is 16.3. The Morgan fingerprint density at radius 3 is 2.34 bits per heavy atom. The molecule has 3 aromatic rings. The lowest BCUT2D eigenvalue weighted by Crippen LogP contribution is -2.35. The second-order valence-corrected chi connectivity index (χ2v) is 9.82. The number of thioether (sulfide) groups is 1. The van der Waals surface area contributed by atoms with Crippen LogP contribution in [0.5, 0.6) is 11.5 Å². The SMILES string of the molecule is N=C1C(=Cc2ccc(OCCCOc3ccc(Cl)cc3)cc2)C(=O)N=C2SC(c3cccs3)=NN12. The lowest BCUT2D eigenvalue weighted by molar-refractivity contribution is -0.114. The number of carbonyl (C=O) groups excluding carboxylic acids is 1. The third-order valence-corrected chi connectivity index (χ3v) is 7.22. The van der Waals surface area contributed by atoms with Crippen LogP contribution in [0.3, 0.4) is 0 Å². The molecule has 0 radical (unpaired) electrons. The highest BCUT2D eigenvalue weighted by molar-refractivity contribution is 8.27. The first-order valence-corrected chi connectivity index (χ1v) is 12.8. The first-order valence-electron chi connectivity index (χ1n) is 10.7. The fourth-order valence-electron chi connectivity index (χ4n) is 3.29. The van der Waals surface area contributed by atoms with Crippen LogP contribution in [0.2, 0.25) is 5.02 Å². The molecule has 0 aliphatic carbocycles. The summed E-state index contributed by atoms with van der Waals surface area (Å²) in [6, 6.07) is 18.5. The number of ether oxygens (including phenoxy) is 2. The molecule has 0 fully saturated rings. The molecule has 0 atom stereocenters. The molecule has 0 unspecified atom stereocenters. The third-order valence-electron chi connectivity index (χ3n) is 5.02. The molecule has 2 aliphatic heterocycles. The van der Waals surface area contributed by atoms with E-state index in [0.717, 1.165) is 27.7 Å². The Balaban J connectivity index is 1.17. The van der Waals surface area contributed by atoms with Crippen LogP contribution in [0.4, 0.5) is 0 Å². The molecule has 35 heavy (non-hydrogen) atoms. The summed E-state index contributed by atoms with van der Waals surface area (Å²) in [6.45, 7) is 1.04. The third kappa shape index (κ3) is 5.48. The smallest absolute Gasteiger partial charge is 0.283 e. The molecule has 176 valence electrons. The van der Waals surface area contributed by atoms with E-state index in [9.17, 15) is 4.79 Å². The van der Waals surface area contributed by atoms with E-state index in [-0.39, 0.29) is 11.4 Å². The number of halogens is 1. The number of hydrogen-bond acceptors (Lipinski definition) is 7. The largest absolute Gasteiger partial charge is 0.493 e. The molecule has 3 heterocycles. The zero-order chi connectivity index (χ0) is 24.2. The molecule has 1 N–H and O–H groups in total. The minimum atomic E-state index is -0.447. The molecule has 1 aromatic heterocycles. The van der Waals surface area contributed by atoms with Crippen molar-refractivity contribution >= 4 is 62.7 Å². The van der Waals surface area contributed by atoms with Crippen molar-refractivity contribution in [2.45, 2.75) is 6.42 Å². The van der Waals surface area contributed by atoms with E-state index in [1.807, 2.05) is 53.9 Å². The number of hydrogen-bond donors (Lipinski definition) is 1. The Hall–Kier alpha value is -3.40. The number of fused-ring (bicyclic) bond motifs is 1. The van der Waals surface area contributed by atoms with Crippen molar-refractivity contribution in [1.82, 2.24) is 5.01 Å². The van der Waals surface area contributed by atoms with Crippen LogP contribution in [0.15, 0.2) is 81.7 Å². The Morgan fingerprint density at radius 1 is 1.00 bits per heavy atom. The van der Waals surface area contributed by atoms with Crippen LogP contribution in [0, 0.1) is 5.41 Å². The number of nitrogens with one attached hydrogen (secondary N) is 1. The first kappa shape index (κ1) is 23.3. The second-order valence-electron chi connectivity index (χ2n) is 7.48. The summed E-state index contributed by atoms with van der Waals surface area (Å²) in [5.41, 5.74) is 0.961. The predicted octanol–water partition coefficient (Wildman–Crippen LogP) is 5.92. The van der Waals surface area contributed by atoms with Gasteiger partial charge in [-0.1, -0.05) is 29.8 Å². The van der Waals surface area contributed by atoms with Gasteiger partial charge >= 0.3 is 0 Å². The van der Waals surface area contributed by atoms with Gasteiger partial charge in [-0.2, -0.15) is 15.1 Å². The summed E-state index contributed by atoms with van der Waals surface area (Å²) in [5.74, 6) is 1.05. The quantitative estimate of drug-likeness (QED) is 0.293. The number of aliphatic imine (C=N–C) groups is 1. The topological polar surface area (TPSA) is 87.3 Å². The van der Waals surface area contributed by atoms with Crippen molar-refractivity contribution < 1.29 is 14.3 Å². The number of rotatable bonds is 8. The van der Waals surface area contributed by atoms with Gasteiger partial charge in [0, 0.05) is 11.4 Å². The van der Waals surface area contributed by atoms with E-state index in [4.69, 9.17) is 26.5 Å². The van der Waals surface area contributed by atoms with Crippen molar-refractivity contribution in [1.29, 1.82) is 5.41 Å². The van der Waals surface area contributed by atoms with E-state index in [0.29, 0.717) is 29.2 Å². The van der Waals surface area contributed by atoms with Crippen LogP contribution in [0.1, 0.15) is 16.9 Å². The fraction of sp³-hybridized carbons (Fsp3) is 0.120. The van der Waals surface area contributed by atoms with Crippen molar-refractivity contribution in [3.63, 3.8) is 0 Å². The number of hydrazone groups is 1. The van der Waals surface area contributed by atoms with E-state index in [2.05, 4.69) is 10.1 Å². The average Bonchev–Trinajstić information content (AvgIpc) is 3.54. The highest BCUT2D eigenvalue weighted by atomic mass is 35.5. The van der Waals surface area contributed by atoms with Crippen molar-refractivity contribution in [3.05, 3.63) is 87.1 Å². The van der Waals surface area contributed by atoms with E-state index in [1.54, 1.807) is 29.5 Å². The Labute approximate surface area is 215 Å². The highest BCUT2D eigenvalue weighted by Gasteiger charge is 2.36. The Bertz CT molecular complexity index is 1330. The Morgan fingerprint density at radius 2 is 1.69 bits per heavy atom. The van der Waals surface area contributed by atoms with Gasteiger partial charge in [0.15, 0.2) is 5.84 Å². The standard InChI is InChI=1S/C25H19ClN4O3S2/c26-17-6-10-19(11-7-17)33-13-2-12-32-18-8-4-16(5-9-18)15-20-22(27)30-25(28-23(20)31)35-24(29-30)21-3-1-14-34-21/h1,3-11,14-15,27H,2,12-13H2. The van der Waals surface area contributed by atoms with Crippen LogP contribution < -0.4 is 9.47 Å². The van der Waals surface area contributed by atoms with Gasteiger partial charge in [0.05, 0.1) is 23.7 Å². The van der Waals surface area contributed by atoms with Crippen molar-refractivity contribution in [3.8, 4) is 11.5 Å². The summed E-state index contributed by atoms with van der Waals surface area (Å²) in [4.78, 5) is 17.7. The minimum Gasteiger partial charge on any atom is -0.493 e. The molecule has 7 nitrogen and oxygen atoms in total. The van der Waals surface area contributed by atoms with Crippen LogP contribution in [-0.4, -0.2) is 40.2 Å². The van der Waals surface area contributed by atoms with Crippen molar-refractivity contribution in [2.75, 3.05) is 13.2 Å². The Kier molecular flexibility index (Phi) is 6.98. The number of thiophene rings is 1. The van der Waals surface area contributed by atoms with Gasteiger partial charge in [-0.3, -0.25) is 10.2 Å². The maximum atomic E-state index is 12.6. The molecule has 0 bridgehead atoms. The number of carbonyl (C=O) groups is 1. The van der Waals surface area contributed by atoms with Crippen LogP contribution in [-0.2, 0) is 4.79 Å². The number of amides is 1. The van der Waals surface area contributed by atoms with E-state index >= 15 is 0 Å². The fourth-order valence-corrected chi connectivity index (χ4v) is 5.10. The second kappa shape index (κ2) is 10.5. The van der Waals surface area contributed by atoms with Gasteiger partial charge < -0.3 is 9.47 Å². The number of benzene rings is 2. The van der Waals surface area contributed by atoms with Crippen LogP contribution >= 0.6 is 34.7 Å². The summed E-state index contributed by atoms with van der Waals surface area (Å²) in [6.07, 6.45) is 2.38. The van der Waals surface area contributed by atoms with Gasteiger partial charge in [-0.15, -0.1) is 11.3 Å². The van der Waals surface area contributed by atoms with Gasteiger partial charge in [0.2, 0.25) is 5.17 Å². The molecular weight excluding hydrogens is 504 g/mol. The first-order chi connectivity index (χ1) is 17.1. The molecule has 2 aliphatic rings. The van der Waals surface area contributed by atoms with Gasteiger partial charge in [0.25, 0.3) is 5.91 Å². The van der Waals surface area contributed by atoms with Gasteiger partial charge in [0.1, 0.15) is 16.5 Å². The van der Waals surface area contributed by atoms with Gasteiger partial charge in [-0.25, -0.2) is 0 Å². The van der Waals surface area contributed by atoms with Gasteiger partial charge in [-0.05, 0) is 71.2 Å². The predicted molar refractivity (Wildman–Crippen MR) is 142 cm³/mol. The highest BCUT2D eigenvalue weighted by Crippen LogP contribution is 2.32. The molecule has 2 aromatic carbocycles. The van der Waals surface area contributed by atoms with Crippen LogP contribution in [0.25, 0.3) is 6.08 Å². The minimum absolute atomic E-state index is 0.0140. The zero-order valence-electron chi connectivity index (χ0n) is 18.3. The lowest BCUT2D eigenvalue weighted by Gasteiger charge is -2.20.